The highest BCUT2D eigenvalue weighted by molar-refractivity contribution is 5.89. The first-order valence-electron chi connectivity index (χ1n) is 3.36. The van der Waals surface area contributed by atoms with Crippen LogP contribution in [-0.2, 0) is 14.3 Å². The molecule has 2 unspecified atom stereocenters. The van der Waals surface area contributed by atoms with Gasteiger partial charge in [0.15, 0.2) is 12.2 Å². The minimum Gasteiger partial charge on any atom is -0.393 e. The minimum atomic E-state index is -1.82. The van der Waals surface area contributed by atoms with Crippen LogP contribution in [0.5, 0.6) is 0 Å². The highest BCUT2D eigenvalue weighted by atomic mass is 35.5. The second-order valence-electron chi connectivity index (χ2n) is 2.14. The third-order valence-electron chi connectivity index (χ3n) is 1.09. The average molecular weight is 231 g/mol. The summed E-state index contributed by atoms with van der Waals surface area (Å²) in [6, 6.07) is 0. The maximum absolute atomic E-state index is 10.6. The molecule has 0 aliphatic heterocycles. The fourth-order valence-corrected chi connectivity index (χ4v) is 0.384. The highest BCUT2D eigenvalue weighted by Crippen LogP contribution is 1.92. The molecule has 14 heavy (non-hydrogen) atoms. The van der Waals surface area contributed by atoms with E-state index in [4.69, 9.17) is 20.4 Å². The Morgan fingerprint density at radius 2 is 1.29 bits per heavy atom. The highest BCUT2D eigenvalue weighted by Gasteiger charge is 2.23. The molecule has 0 aromatic rings. The van der Waals surface area contributed by atoms with E-state index in [0.717, 1.165) is 0 Å². The summed E-state index contributed by atoms with van der Waals surface area (Å²) in [5.74, 6) is -2.75. The Kier molecular flexibility index (Phi) is 8.60. The van der Waals surface area contributed by atoms with E-state index in [1.54, 1.807) is 0 Å². The maximum Gasteiger partial charge on any atom is 0.345 e. The summed E-state index contributed by atoms with van der Waals surface area (Å²) >= 11 is 0. The standard InChI is InChI=1S/C6H10O7.ClH/c7-1-3(9)5(11)13-6(12)4(10)2-8;/h3-4,7-10H,1-2H2;1H. The van der Waals surface area contributed by atoms with Crippen molar-refractivity contribution in [3.63, 3.8) is 0 Å². The summed E-state index contributed by atoms with van der Waals surface area (Å²) in [6.45, 7) is -1.78. The van der Waals surface area contributed by atoms with Crippen LogP contribution in [0.2, 0.25) is 0 Å². The molecule has 0 rings (SSSR count). The van der Waals surface area contributed by atoms with E-state index in [1.807, 2.05) is 0 Å². The van der Waals surface area contributed by atoms with Gasteiger partial charge in [0.1, 0.15) is 0 Å². The number of carbonyl (C=O) groups is 2. The number of halogens is 1. The Hall–Kier alpha value is -0.730. The van der Waals surface area contributed by atoms with Crippen molar-refractivity contribution in [2.75, 3.05) is 13.2 Å². The lowest BCUT2D eigenvalue weighted by molar-refractivity contribution is -0.173. The van der Waals surface area contributed by atoms with E-state index in [0.29, 0.717) is 0 Å². The molecule has 0 saturated carbocycles. The Bertz CT molecular complexity index is 175. The molecular formula is C6H11ClO7. The van der Waals surface area contributed by atoms with Crippen LogP contribution < -0.4 is 0 Å². The molecule has 0 fully saturated rings. The van der Waals surface area contributed by atoms with Gasteiger partial charge in [0, 0.05) is 0 Å². The molecule has 7 nitrogen and oxygen atoms in total. The molecule has 0 heterocycles. The Balaban J connectivity index is 0. The van der Waals surface area contributed by atoms with Crippen molar-refractivity contribution in [1.29, 1.82) is 0 Å². The van der Waals surface area contributed by atoms with Gasteiger partial charge in [-0.25, -0.2) is 9.59 Å². The number of aliphatic hydroxyl groups excluding tert-OH is 4. The third-order valence-corrected chi connectivity index (χ3v) is 1.09. The van der Waals surface area contributed by atoms with Crippen molar-refractivity contribution in [2.45, 2.75) is 12.2 Å². The Morgan fingerprint density at radius 3 is 1.50 bits per heavy atom. The summed E-state index contributed by atoms with van der Waals surface area (Å²) in [5, 5.41) is 33.7. The predicted molar refractivity (Wildman–Crippen MR) is 44.5 cm³/mol. The monoisotopic (exact) mass is 230 g/mol. The number of carbonyl (C=O) groups excluding carboxylic acids is 2. The molecule has 0 bridgehead atoms. The molecular weight excluding hydrogens is 220 g/mol. The SMILES string of the molecule is Cl.O=C(OC(=O)C(O)CO)C(O)CO. The van der Waals surface area contributed by atoms with Crippen LogP contribution in [0, 0.1) is 0 Å². The van der Waals surface area contributed by atoms with Gasteiger partial charge in [0.25, 0.3) is 0 Å². The van der Waals surface area contributed by atoms with Gasteiger partial charge in [0.2, 0.25) is 0 Å². The van der Waals surface area contributed by atoms with Crippen molar-refractivity contribution >= 4 is 24.3 Å². The van der Waals surface area contributed by atoms with Crippen molar-refractivity contribution in [3.8, 4) is 0 Å². The van der Waals surface area contributed by atoms with Gasteiger partial charge in [-0.2, -0.15) is 0 Å². The van der Waals surface area contributed by atoms with Crippen LogP contribution in [0.3, 0.4) is 0 Å². The van der Waals surface area contributed by atoms with E-state index in [-0.39, 0.29) is 12.4 Å². The molecule has 2 atom stereocenters. The van der Waals surface area contributed by atoms with Gasteiger partial charge < -0.3 is 25.2 Å². The van der Waals surface area contributed by atoms with Gasteiger partial charge in [-0.1, -0.05) is 0 Å². The Labute approximate surface area is 85.3 Å². The zero-order valence-electron chi connectivity index (χ0n) is 6.99. The summed E-state index contributed by atoms with van der Waals surface area (Å²) in [7, 11) is 0. The van der Waals surface area contributed by atoms with Crippen LogP contribution in [-0.4, -0.2) is 57.8 Å². The van der Waals surface area contributed by atoms with Gasteiger partial charge in [-0.15, -0.1) is 12.4 Å². The molecule has 0 spiro atoms. The van der Waals surface area contributed by atoms with E-state index < -0.39 is 37.4 Å². The summed E-state index contributed by atoms with van der Waals surface area (Å²) in [5.41, 5.74) is 0. The number of ether oxygens (including phenoxy) is 1. The minimum absolute atomic E-state index is 0. The van der Waals surface area contributed by atoms with E-state index in [2.05, 4.69) is 4.74 Å². The van der Waals surface area contributed by atoms with Crippen LogP contribution in [0.4, 0.5) is 0 Å². The van der Waals surface area contributed by atoms with Crippen molar-refractivity contribution < 1.29 is 34.8 Å². The maximum atomic E-state index is 10.6. The normalized spacial score (nSPS) is 13.7. The van der Waals surface area contributed by atoms with Crippen molar-refractivity contribution in [2.24, 2.45) is 0 Å². The second-order valence-corrected chi connectivity index (χ2v) is 2.14. The lowest BCUT2D eigenvalue weighted by Gasteiger charge is -2.08. The average Bonchev–Trinajstić information content (AvgIpc) is 2.14. The number of aliphatic hydroxyl groups is 4. The van der Waals surface area contributed by atoms with Gasteiger partial charge in [0.05, 0.1) is 13.2 Å². The van der Waals surface area contributed by atoms with Crippen molar-refractivity contribution in [1.82, 2.24) is 0 Å². The second kappa shape index (κ2) is 7.65. The first-order valence-corrected chi connectivity index (χ1v) is 3.36. The molecule has 0 aliphatic rings. The van der Waals surface area contributed by atoms with Crippen LogP contribution in [0.25, 0.3) is 0 Å². The van der Waals surface area contributed by atoms with Gasteiger partial charge in [-0.05, 0) is 0 Å². The summed E-state index contributed by atoms with van der Waals surface area (Å²) in [6.07, 6.45) is -3.65. The number of esters is 2. The molecule has 8 heteroatoms. The summed E-state index contributed by atoms with van der Waals surface area (Å²) < 4.78 is 3.86. The topological polar surface area (TPSA) is 124 Å². The molecule has 0 saturated heterocycles. The van der Waals surface area contributed by atoms with E-state index in [9.17, 15) is 9.59 Å². The molecule has 84 valence electrons. The zero-order valence-corrected chi connectivity index (χ0v) is 7.81. The fourth-order valence-electron chi connectivity index (χ4n) is 0.384. The third kappa shape index (κ3) is 5.10. The Morgan fingerprint density at radius 1 is 1.00 bits per heavy atom. The van der Waals surface area contributed by atoms with Crippen molar-refractivity contribution in [3.05, 3.63) is 0 Å². The molecule has 4 N–H and O–H groups in total. The first-order chi connectivity index (χ1) is 6.02. The largest absolute Gasteiger partial charge is 0.393 e. The van der Waals surface area contributed by atoms with Crippen LogP contribution in [0.1, 0.15) is 0 Å². The quantitative estimate of drug-likeness (QED) is 0.303. The molecule has 0 aromatic heterocycles. The van der Waals surface area contributed by atoms with Gasteiger partial charge >= 0.3 is 11.9 Å². The predicted octanol–water partition coefficient (Wildman–Crippen LogP) is -2.82. The number of rotatable bonds is 4. The summed E-state index contributed by atoms with van der Waals surface area (Å²) in [4.78, 5) is 21.1. The lowest BCUT2D eigenvalue weighted by atomic mass is 10.3. The number of hydrogen-bond acceptors (Lipinski definition) is 7. The zero-order chi connectivity index (χ0) is 10.4. The van der Waals surface area contributed by atoms with Crippen LogP contribution >= 0.6 is 12.4 Å². The molecule has 0 aliphatic carbocycles. The first kappa shape index (κ1) is 15.7. The smallest absolute Gasteiger partial charge is 0.345 e. The number of hydrogen-bond donors (Lipinski definition) is 4. The molecule has 0 aromatic carbocycles. The van der Waals surface area contributed by atoms with E-state index in [1.165, 1.54) is 0 Å². The van der Waals surface area contributed by atoms with E-state index >= 15 is 0 Å². The molecule has 0 amide bonds. The molecule has 0 radical (unpaired) electrons. The van der Waals surface area contributed by atoms with Crippen LogP contribution in [0.15, 0.2) is 0 Å². The fraction of sp³-hybridized carbons (Fsp3) is 0.667. The van der Waals surface area contributed by atoms with Gasteiger partial charge in [-0.3, -0.25) is 0 Å². The lowest BCUT2D eigenvalue weighted by Crippen LogP contribution is -2.34.